The number of rotatable bonds is 5. The van der Waals surface area contributed by atoms with E-state index in [2.05, 4.69) is 20.6 Å². The molecule has 9 heteroatoms. The molecule has 0 aliphatic rings. The smallest absolute Gasteiger partial charge is 0.258 e. The predicted molar refractivity (Wildman–Crippen MR) is 134 cm³/mol. The van der Waals surface area contributed by atoms with Crippen molar-refractivity contribution in [3.63, 3.8) is 0 Å². The molecule has 0 radical (unpaired) electrons. The van der Waals surface area contributed by atoms with E-state index in [0.717, 1.165) is 17.0 Å². The second-order valence-electron chi connectivity index (χ2n) is 7.43. The van der Waals surface area contributed by atoms with Crippen LogP contribution in [0.2, 0.25) is 10.0 Å². The number of halogens is 2. The second kappa shape index (κ2) is 10.5. The summed E-state index contributed by atoms with van der Waals surface area (Å²) in [6.07, 6.45) is 1.43. The number of hydrogen-bond acceptors (Lipinski definition) is 4. The number of carbonyl (C=O) groups excluding carboxylic acids is 2. The largest absolute Gasteiger partial charge is 0.363 e. The van der Waals surface area contributed by atoms with Crippen molar-refractivity contribution in [3.05, 3.63) is 87.0 Å². The summed E-state index contributed by atoms with van der Waals surface area (Å²) in [6.45, 7) is 1.85. The van der Waals surface area contributed by atoms with Crippen LogP contribution in [-0.2, 0) is 0 Å². The molecule has 1 heterocycles. The van der Waals surface area contributed by atoms with Crippen molar-refractivity contribution in [3.8, 4) is 0 Å². The molecule has 170 valence electrons. The highest BCUT2D eigenvalue weighted by molar-refractivity contribution is 6.31. The third kappa shape index (κ3) is 5.88. The number of carbonyl (C=O) groups is 2. The first kappa shape index (κ1) is 24.2. The number of aromatic nitrogens is 1. The maximum Gasteiger partial charge on any atom is 0.258 e. The quantitative estimate of drug-likeness (QED) is 0.388. The van der Waals surface area contributed by atoms with Gasteiger partial charge in [0.05, 0.1) is 16.3 Å². The number of amides is 2. The molecule has 0 saturated heterocycles. The molecule has 2 amide bonds. The van der Waals surface area contributed by atoms with Crippen LogP contribution in [0.25, 0.3) is 0 Å². The van der Waals surface area contributed by atoms with Gasteiger partial charge < -0.3 is 15.5 Å². The van der Waals surface area contributed by atoms with Gasteiger partial charge in [0.1, 0.15) is 11.7 Å². The Kier molecular flexibility index (Phi) is 7.68. The predicted octanol–water partition coefficient (Wildman–Crippen LogP) is 5.14. The highest BCUT2D eigenvalue weighted by Gasteiger charge is 2.18. The first-order valence-corrected chi connectivity index (χ1v) is 10.7. The molecule has 0 unspecified atom stereocenters. The summed E-state index contributed by atoms with van der Waals surface area (Å²) in [5, 5.41) is 6.30. The molecule has 1 aromatic heterocycles. The molecule has 33 heavy (non-hydrogen) atoms. The van der Waals surface area contributed by atoms with Gasteiger partial charge in [0.15, 0.2) is 0 Å². The van der Waals surface area contributed by atoms with E-state index in [1.54, 1.807) is 37.4 Å². The van der Waals surface area contributed by atoms with Gasteiger partial charge in [0.2, 0.25) is 0 Å². The molecule has 0 saturated carbocycles. The van der Waals surface area contributed by atoms with E-state index in [1.807, 2.05) is 38.1 Å². The maximum atomic E-state index is 13.0. The highest BCUT2D eigenvalue weighted by atomic mass is 35.5. The van der Waals surface area contributed by atoms with Crippen LogP contribution in [0.5, 0.6) is 0 Å². The highest BCUT2D eigenvalue weighted by Crippen LogP contribution is 2.24. The minimum absolute atomic E-state index is 0.204. The molecule has 0 aliphatic heterocycles. The van der Waals surface area contributed by atoms with Crippen molar-refractivity contribution in [2.75, 3.05) is 31.8 Å². The number of amidine groups is 1. The normalized spacial score (nSPS) is 11.2. The first-order valence-electron chi connectivity index (χ1n) is 9.98. The van der Waals surface area contributed by atoms with Gasteiger partial charge in [0, 0.05) is 43.5 Å². The van der Waals surface area contributed by atoms with Crippen LogP contribution in [-0.4, -0.2) is 48.7 Å². The second-order valence-corrected chi connectivity index (χ2v) is 8.30. The van der Waals surface area contributed by atoms with Gasteiger partial charge in [-0.25, -0.2) is 4.98 Å². The lowest BCUT2D eigenvalue weighted by Crippen LogP contribution is -2.23. The summed E-state index contributed by atoms with van der Waals surface area (Å²) in [6, 6.07) is 13.3. The van der Waals surface area contributed by atoms with Crippen molar-refractivity contribution in [1.29, 1.82) is 0 Å². The summed E-state index contributed by atoms with van der Waals surface area (Å²) in [7, 11) is 5.54. The van der Waals surface area contributed by atoms with Crippen LogP contribution in [0, 0.1) is 6.92 Å². The molecule has 7 nitrogen and oxygen atoms in total. The Balaban J connectivity index is 1.85. The van der Waals surface area contributed by atoms with Crippen LogP contribution >= 0.6 is 23.2 Å². The van der Waals surface area contributed by atoms with Crippen LogP contribution in [0.1, 0.15) is 31.8 Å². The number of pyridine rings is 1. The van der Waals surface area contributed by atoms with Crippen molar-refractivity contribution in [2.24, 2.45) is 4.99 Å². The van der Waals surface area contributed by atoms with Crippen molar-refractivity contribution in [1.82, 2.24) is 9.88 Å². The van der Waals surface area contributed by atoms with Crippen molar-refractivity contribution in [2.45, 2.75) is 6.92 Å². The van der Waals surface area contributed by atoms with Crippen molar-refractivity contribution < 1.29 is 9.59 Å². The molecule has 3 rings (SSSR count). The third-order valence-corrected chi connectivity index (χ3v) is 5.27. The fraction of sp³-hybridized carbons (Fsp3) is 0.167. The standard InChI is InChI=1S/C24H23Cl2N5O2/c1-14-11-15(22(27-2)31(3)4)5-8-18(14)23(32)29-20-9-6-16(25)12-19(20)24(33)30-21-10-7-17(26)13-28-21/h5-13H,1-4H3,(H,29,32)(H,28,30,33). The number of aliphatic imine (C=N–C) groups is 1. The number of anilines is 2. The first-order chi connectivity index (χ1) is 15.7. The number of nitrogens with one attached hydrogen (secondary N) is 2. The average Bonchev–Trinajstić information content (AvgIpc) is 2.76. The lowest BCUT2D eigenvalue weighted by atomic mass is 10.0. The number of nitrogens with zero attached hydrogens (tertiary/aromatic N) is 3. The molecular formula is C24H23Cl2N5O2. The van der Waals surface area contributed by atoms with Crippen LogP contribution < -0.4 is 10.6 Å². The maximum absolute atomic E-state index is 13.0. The number of benzene rings is 2. The lowest BCUT2D eigenvalue weighted by Gasteiger charge is -2.17. The molecule has 0 bridgehead atoms. The molecule has 0 spiro atoms. The molecule has 2 aromatic carbocycles. The Morgan fingerprint density at radius 1 is 0.909 bits per heavy atom. The minimum Gasteiger partial charge on any atom is -0.363 e. The molecule has 2 N–H and O–H groups in total. The third-order valence-electron chi connectivity index (χ3n) is 4.81. The van der Waals surface area contributed by atoms with E-state index < -0.39 is 5.91 Å². The van der Waals surface area contributed by atoms with E-state index in [4.69, 9.17) is 23.2 Å². The van der Waals surface area contributed by atoms with Gasteiger partial charge in [-0.05, 0) is 55.0 Å². The Labute approximate surface area is 202 Å². The molecule has 3 aromatic rings. The Morgan fingerprint density at radius 3 is 2.21 bits per heavy atom. The van der Waals surface area contributed by atoms with E-state index in [0.29, 0.717) is 27.1 Å². The zero-order chi connectivity index (χ0) is 24.1. The summed E-state index contributed by atoms with van der Waals surface area (Å²) in [5.41, 5.74) is 2.68. The van der Waals surface area contributed by atoms with Crippen molar-refractivity contribution >= 4 is 52.4 Å². The summed E-state index contributed by atoms with van der Waals surface area (Å²) < 4.78 is 0. The van der Waals surface area contributed by atoms with Gasteiger partial charge in [-0.2, -0.15) is 0 Å². The van der Waals surface area contributed by atoms with E-state index in [-0.39, 0.29) is 11.5 Å². The lowest BCUT2D eigenvalue weighted by molar-refractivity contribution is 0.102. The summed E-state index contributed by atoms with van der Waals surface area (Å²) >= 11 is 11.9. The van der Waals surface area contributed by atoms with E-state index in [1.165, 1.54) is 12.3 Å². The topological polar surface area (TPSA) is 86.7 Å². The minimum atomic E-state index is -0.468. The van der Waals surface area contributed by atoms with Gasteiger partial charge in [-0.3, -0.25) is 14.6 Å². The van der Waals surface area contributed by atoms with Gasteiger partial charge >= 0.3 is 0 Å². The zero-order valence-corrected chi connectivity index (χ0v) is 20.1. The van der Waals surface area contributed by atoms with Crippen LogP contribution in [0.15, 0.2) is 59.7 Å². The van der Waals surface area contributed by atoms with Crippen LogP contribution in [0.3, 0.4) is 0 Å². The Morgan fingerprint density at radius 2 is 1.61 bits per heavy atom. The molecule has 0 atom stereocenters. The fourth-order valence-electron chi connectivity index (χ4n) is 3.28. The Hall–Kier alpha value is -3.42. The molecule has 0 aliphatic carbocycles. The van der Waals surface area contributed by atoms with Crippen LogP contribution in [0.4, 0.5) is 11.5 Å². The van der Waals surface area contributed by atoms with Gasteiger partial charge in [-0.1, -0.05) is 29.3 Å². The monoisotopic (exact) mass is 483 g/mol. The molecular weight excluding hydrogens is 461 g/mol. The summed E-state index contributed by atoms with van der Waals surface area (Å²) in [4.78, 5) is 36.2. The Bertz CT molecular complexity index is 1220. The zero-order valence-electron chi connectivity index (χ0n) is 18.6. The van der Waals surface area contributed by atoms with E-state index >= 15 is 0 Å². The SMILES string of the molecule is CN=C(c1ccc(C(=O)Nc2ccc(Cl)cc2C(=O)Nc2ccc(Cl)cn2)c(C)c1)N(C)C. The summed E-state index contributed by atoms with van der Waals surface area (Å²) in [5.74, 6) is 0.309. The average molecular weight is 484 g/mol. The van der Waals surface area contributed by atoms with Gasteiger partial charge in [-0.15, -0.1) is 0 Å². The van der Waals surface area contributed by atoms with E-state index in [9.17, 15) is 9.59 Å². The molecule has 0 fully saturated rings. The van der Waals surface area contributed by atoms with Gasteiger partial charge in [0.25, 0.3) is 11.8 Å². The number of aryl methyl sites for hydroxylation is 1. The number of hydrogen-bond donors (Lipinski definition) is 2. The fourth-order valence-corrected chi connectivity index (χ4v) is 3.57.